The number of hydrogen-bond acceptors (Lipinski definition) is 13. The molecule has 0 fully saturated rings. The largest absolute Gasteiger partial charge is 0.355 e. The summed E-state index contributed by atoms with van der Waals surface area (Å²) in [6, 6.07) is 0. The van der Waals surface area contributed by atoms with E-state index in [1.54, 1.807) is 0 Å². The molecule has 0 heterocycles. The highest BCUT2D eigenvalue weighted by Gasteiger charge is 2.15. The van der Waals surface area contributed by atoms with E-state index >= 15 is 0 Å². The van der Waals surface area contributed by atoms with Crippen LogP contribution in [0, 0.1) is 12.3 Å². The summed E-state index contributed by atoms with van der Waals surface area (Å²) >= 11 is 0. The third-order valence-electron chi connectivity index (χ3n) is 7.61. The number of carbonyl (C=O) groups excluding carboxylic acids is 6. The molecule has 0 atom stereocenters. The molecule has 18 heteroatoms. The minimum Gasteiger partial charge on any atom is -0.355 e. The molecule has 0 aromatic heterocycles. The Morgan fingerprint density at radius 3 is 1.27 bits per heavy atom. The van der Waals surface area contributed by atoms with Crippen LogP contribution in [-0.4, -0.2) is 161 Å². The lowest BCUT2D eigenvalue weighted by molar-refractivity contribution is -0.123. The molecule has 0 rings (SSSR count). The second-order valence-electron chi connectivity index (χ2n) is 11.9. The van der Waals surface area contributed by atoms with E-state index in [4.69, 9.17) is 29.4 Å². The fourth-order valence-corrected chi connectivity index (χ4v) is 4.64. The van der Waals surface area contributed by atoms with Crippen molar-refractivity contribution in [3.63, 3.8) is 0 Å². The van der Waals surface area contributed by atoms with Gasteiger partial charge in [0.05, 0.1) is 13.2 Å². The molecule has 0 aromatic rings. The van der Waals surface area contributed by atoms with Crippen molar-refractivity contribution in [1.82, 2.24) is 41.3 Å². The minimum atomic E-state index is -0.234. The first-order valence-electron chi connectivity index (χ1n) is 17.8. The second kappa shape index (κ2) is 32.2. The number of carbonyl (C=O) groups is 6. The Morgan fingerprint density at radius 1 is 0.451 bits per heavy atom. The number of nitrogens with one attached hydrogen (secondary N) is 5. The molecule has 0 saturated heterocycles. The molecule has 5 amide bonds. The molecule has 0 aliphatic heterocycles. The fourth-order valence-electron chi connectivity index (χ4n) is 4.64. The van der Waals surface area contributed by atoms with Crippen molar-refractivity contribution in [2.75, 3.05) is 111 Å². The summed E-state index contributed by atoms with van der Waals surface area (Å²) in [6.45, 7) is 5.97. The van der Waals surface area contributed by atoms with Gasteiger partial charge in [-0.25, -0.2) is 0 Å². The molecule has 0 saturated carbocycles. The number of ketones is 1. The van der Waals surface area contributed by atoms with Crippen molar-refractivity contribution in [3.8, 4) is 12.3 Å². The summed E-state index contributed by atoms with van der Waals surface area (Å²) < 4.78 is 0. The average Bonchev–Trinajstić information content (AvgIpc) is 3.12. The summed E-state index contributed by atoms with van der Waals surface area (Å²) in [6.07, 6.45) is 7.77. The van der Waals surface area contributed by atoms with Gasteiger partial charge in [0.15, 0.2) is 0 Å². The predicted octanol–water partition coefficient (Wildman–Crippen LogP) is -4.41. The zero-order chi connectivity index (χ0) is 38.1. The first-order valence-corrected chi connectivity index (χ1v) is 17.8. The van der Waals surface area contributed by atoms with Gasteiger partial charge in [-0.15, -0.1) is 6.42 Å². The Hall–Kier alpha value is -3.70. The zero-order valence-electron chi connectivity index (χ0n) is 30.4. The first-order chi connectivity index (χ1) is 24.6. The summed E-state index contributed by atoms with van der Waals surface area (Å²) in [5, 5.41) is 13.9. The van der Waals surface area contributed by atoms with E-state index in [-0.39, 0.29) is 87.1 Å². The van der Waals surface area contributed by atoms with Gasteiger partial charge < -0.3 is 54.4 Å². The number of amides is 5. The van der Waals surface area contributed by atoms with Crippen LogP contribution in [0.5, 0.6) is 0 Å². The second-order valence-corrected chi connectivity index (χ2v) is 11.9. The molecule has 0 unspecified atom stereocenters. The molecular weight excluding hydrogens is 660 g/mol. The van der Waals surface area contributed by atoms with Gasteiger partial charge in [0, 0.05) is 137 Å². The average molecular weight is 725 g/mol. The van der Waals surface area contributed by atoms with Crippen LogP contribution in [0.1, 0.15) is 51.4 Å². The number of terminal acetylenes is 1. The van der Waals surface area contributed by atoms with Crippen molar-refractivity contribution in [2.24, 2.45) is 22.9 Å². The Balaban J connectivity index is 4.83. The monoisotopic (exact) mass is 725 g/mol. The summed E-state index contributed by atoms with van der Waals surface area (Å²) in [5.74, 6) is 1.75. The maximum absolute atomic E-state index is 12.7. The molecule has 0 aromatic carbocycles. The van der Waals surface area contributed by atoms with Crippen molar-refractivity contribution in [1.29, 1.82) is 0 Å². The van der Waals surface area contributed by atoms with Crippen LogP contribution in [0.2, 0.25) is 0 Å². The number of Topliss-reactive ketones (excluding diaryl/α,β-unsaturated/α-hetero) is 1. The summed E-state index contributed by atoms with van der Waals surface area (Å²) in [5.41, 5.74) is 21.8. The number of nitrogens with zero attached hydrogens (tertiary/aromatic N) is 3. The van der Waals surface area contributed by atoms with E-state index in [2.05, 4.69) is 32.5 Å². The molecule has 292 valence electrons. The van der Waals surface area contributed by atoms with Gasteiger partial charge in [-0.1, -0.05) is 5.92 Å². The van der Waals surface area contributed by atoms with Crippen molar-refractivity contribution < 1.29 is 28.8 Å². The van der Waals surface area contributed by atoms with Crippen molar-refractivity contribution in [2.45, 2.75) is 51.4 Å². The smallest absolute Gasteiger partial charge is 0.222 e. The molecule has 51 heavy (non-hydrogen) atoms. The van der Waals surface area contributed by atoms with E-state index in [9.17, 15) is 28.8 Å². The van der Waals surface area contributed by atoms with Crippen LogP contribution < -0.4 is 49.5 Å². The fraction of sp³-hybridized carbons (Fsp3) is 0.758. The maximum atomic E-state index is 12.7. The van der Waals surface area contributed by atoms with Crippen LogP contribution in [0.15, 0.2) is 0 Å². The van der Waals surface area contributed by atoms with E-state index < -0.39 is 0 Å². The summed E-state index contributed by atoms with van der Waals surface area (Å²) in [7, 11) is 0. The quantitative estimate of drug-likeness (QED) is 0.0229. The molecular formula is C33H64N12O6. The summed E-state index contributed by atoms with van der Waals surface area (Å²) in [4.78, 5) is 79.3. The highest BCUT2D eigenvalue weighted by atomic mass is 16.2. The van der Waals surface area contributed by atoms with Gasteiger partial charge in [0.1, 0.15) is 5.78 Å². The Labute approximate surface area is 303 Å². The number of nitrogens with two attached hydrogens (primary N) is 4. The minimum absolute atomic E-state index is 0.0711. The molecule has 13 N–H and O–H groups in total. The van der Waals surface area contributed by atoms with Gasteiger partial charge in [-0.2, -0.15) is 0 Å². The standard InChI is InChI=1S/C33H64N12O6/c1-2-19-43(22-9-33(51)42-27-45(20-5-28(46)4-3-11-34)25-10-31(49)40-17-14-37)21-6-32(50)41-18-26-44(23-7-29(47)38-15-12-35)24-8-30(48)39-16-13-36/h1H,3-27,34-37H2,(H,38,47)(H,39,48)(H,40,49)(H,41,50)(H,42,51). The van der Waals surface area contributed by atoms with Crippen LogP contribution in [0.4, 0.5) is 0 Å². The third-order valence-corrected chi connectivity index (χ3v) is 7.61. The Kier molecular flexibility index (Phi) is 29.9. The topological polar surface area (TPSA) is 276 Å². The highest BCUT2D eigenvalue weighted by Crippen LogP contribution is 2.01. The van der Waals surface area contributed by atoms with E-state index in [1.165, 1.54) is 0 Å². The van der Waals surface area contributed by atoms with Crippen LogP contribution in [0.25, 0.3) is 0 Å². The lowest BCUT2D eigenvalue weighted by Crippen LogP contribution is -2.42. The van der Waals surface area contributed by atoms with Gasteiger partial charge in [-0.05, 0) is 13.0 Å². The van der Waals surface area contributed by atoms with E-state index in [1.807, 2.05) is 14.7 Å². The van der Waals surface area contributed by atoms with Crippen LogP contribution >= 0.6 is 0 Å². The third kappa shape index (κ3) is 28.7. The molecule has 0 bridgehead atoms. The van der Waals surface area contributed by atoms with Gasteiger partial charge >= 0.3 is 0 Å². The normalized spacial score (nSPS) is 10.9. The van der Waals surface area contributed by atoms with Crippen molar-refractivity contribution >= 4 is 35.3 Å². The predicted molar refractivity (Wildman–Crippen MR) is 196 cm³/mol. The SMILES string of the molecule is C#CCN(CCC(=O)NCCN(CCC(=O)NCCN)CCC(=O)NCCN)CCC(=O)NCN(CCC(=O)CCCN)CCC(=O)NCCN. The van der Waals surface area contributed by atoms with Gasteiger partial charge in [0.25, 0.3) is 0 Å². The highest BCUT2D eigenvalue weighted by molar-refractivity contribution is 5.79. The van der Waals surface area contributed by atoms with Crippen LogP contribution in [-0.2, 0) is 28.8 Å². The van der Waals surface area contributed by atoms with Gasteiger partial charge in [-0.3, -0.25) is 38.6 Å². The van der Waals surface area contributed by atoms with Crippen molar-refractivity contribution in [3.05, 3.63) is 0 Å². The lowest BCUT2D eigenvalue weighted by Gasteiger charge is -2.23. The van der Waals surface area contributed by atoms with Crippen LogP contribution in [0.3, 0.4) is 0 Å². The van der Waals surface area contributed by atoms with Gasteiger partial charge in [0.2, 0.25) is 29.5 Å². The molecule has 18 nitrogen and oxygen atoms in total. The number of rotatable bonds is 33. The molecule has 0 radical (unpaired) electrons. The Bertz CT molecular complexity index is 1010. The molecule has 0 aliphatic rings. The number of hydrogen-bond donors (Lipinski definition) is 9. The maximum Gasteiger partial charge on any atom is 0.222 e. The zero-order valence-corrected chi connectivity index (χ0v) is 30.4. The molecule has 0 aliphatic carbocycles. The van der Waals surface area contributed by atoms with E-state index in [0.29, 0.717) is 111 Å². The first kappa shape index (κ1) is 47.3. The molecule has 0 spiro atoms. The van der Waals surface area contributed by atoms with E-state index in [0.717, 1.165) is 0 Å². The Morgan fingerprint density at radius 2 is 0.843 bits per heavy atom. The lowest BCUT2D eigenvalue weighted by atomic mass is 10.1.